The Labute approximate surface area is 197 Å². The lowest BCUT2D eigenvalue weighted by Gasteiger charge is -2.20. The highest BCUT2D eigenvalue weighted by Crippen LogP contribution is 2.30. The molecule has 3 rings (SSSR count). The lowest BCUT2D eigenvalue weighted by Crippen LogP contribution is -2.27. The van der Waals surface area contributed by atoms with Crippen molar-refractivity contribution in [1.29, 1.82) is 0 Å². The van der Waals surface area contributed by atoms with Crippen molar-refractivity contribution >= 4 is 51.9 Å². The summed E-state index contributed by atoms with van der Waals surface area (Å²) in [7, 11) is 0. The first-order valence-electron chi connectivity index (χ1n) is 10.4. The molecule has 0 atom stereocenters. The minimum atomic E-state index is -0.627. The zero-order chi connectivity index (χ0) is 24.4. The molecule has 0 saturated carbocycles. The van der Waals surface area contributed by atoms with Gasteiger partial charge < -0.3 is 14.8 Å². The number of hydrogen-bond donors (Lipinski definition) is 2. The van der Waals surface area contributed by atoms with Crippen LogP contribution in [0.2, 0.25) is 5.28 Å². The molecule has 176 valence electrons. The number of benzene rings is 1. The molecule has 0 fully saturated rings. The van der Waals surface area contributed by atoms with E-state index >= 15 is 0 Å². The van der Waals surface area contributed by atoms with Gasteiger partial charge in [-0.05, 0) is 71.3 Å². The van der Waals surface area contributed by atoms with E-state index in [-0.39, 0.29) is 18.0 Å². The number of rotatable bonds is 5. The van der Waals surface area contributed by atoms with Crippen molar-refractivity contribution < 1.29 is 19.1 Å². The normalized spacial score (nSPS) is 11.8. The molecule has 0 bridgehead atoms. The Morgan fingerprint density at radius 2 is 1.70 bits per heavy atom. The second-order valence-electron chi connectivity index (χ2n) is 9.47. The molecule has 0 aliphatic rings. The maximum absolute atomic E-state index is 12.2. The predicted molar refractivity (Wildman–Crippen MR) is 128 cm³/mol. The molecular weight excluding hydrogens is 446 g/mol. The second kappa shape index (κ2) is 9.27. The smallest absolute Gasteiger partial charge is 0.412 e. The molecule has 0 spiro atoms. The number of nitrogens with one attached hydrogen (secondary N) is 2. The number of carbonyl (C=O) groups excluding carboxylic acids is 2. The molecule has 1 aromatic carbocycles. The molecule has 2 heterocycles. The number of ether oxygens (including phenoxy) is 2. The maximum Gasteiger partial charge on any atom is 0.412 e. The molecule has 10 heteroatoms. The van der Waals surface area contributed by atoms with Crippen LogP contribution in [-0.4, -0.2) is 32.2 Å². The average Bonchev–Trinajstić information content (AvgIpc) is 3.08. The van der Waals surface area contributed by atoms with Crippen molar-refractivity contribution in [2.75, 3.05) is 10.6 Å². The molecule has 0 saturated heterocycles. The van der Waals surface area contributed by atoms with Gasteiger partial charge in [-0.3, -0.25) is 14.7 Å². The minimum absolute atomic E-state index is 0.0107. The predicted octanol–water partition coefficient (Wildman–Crippen LogP) is 5.72. The van der Waals surface area contributed by atoms with E-state index in [0.29, 0.717) is 28.2 Å². The highest BCUT2D eigenvalue weighted by Gasteiger charge is 2.23. The molecular formula is C23H28ClN5O4. The van der Waals surface area contributed by atoms with Crippen molar-refractivity contribution in [3.63, 3.8) is 0 Å². The number of anilines is 3. The zero-order valence-corrected chi connectivity index (χ0v) is 20.3. The monoisotopic (exact) mass is 473 g/mol. The Bertz CT molecular complexity index is 1180. The third kappa shape index (κ3) is 6.35. The fourth-order valence-corrected chi connectivity index (χ4v) is 2.99. The van der Waals surface area contributed by atoms with Gasteiger partial charge in [-0.1, -0.05) is 12.1 Å². The molecule has 3 aromatic rings. The molecule has 0 aliphatic heterocycles. The van der Waals surface area contributed by atoms with E-state index in [1.165, 1.54) is 0 Å². The van der Waals surface area contributed by atoms with Crippen LogP contribution in [0.25, 0.3) is 11.0 Å². The summed E-state index contributed by atoms with van der Waals surface area (Å²) < 4.78 is 12.4. The number of carbonyl (C=O) groups is 2. The van der Waals surface area contributed by atoms with Crippen LogP contribution in [0.4, 0.5) is 22.0 Å². The molecule has 9 nitrogen and oxygen atoms in total. The van der Waals surface area contributed by atoms with Crippen molar-refractivity contribution in [2.24, 2.45) is 5.41 Å². The summed E-state index contributed by atoms with van der Waals surface area (Å²) in [4.78, 5) is 33.0. The van der Waals surface area contributed by atoms with Gasteiger partial charge in [0, 0.05) is 6.20 Å². The van der Waals surface area contributed by atoms with Gasteiger partial charge in [0.25, 0.3) is 0 Å². The van der Waals surface area contributed by atoms with Gasteiger partial charge in [-0.25, -0.2) is 4.79 Å². The Morgan fingerprint density at radius 1 is 1.03 bits per heavy atom. The first kappa shape index (κ1) is 24.3. The molecule has 2 N–H and O–H groups in total. The van der Waals surface area contributed by atoms with E-state index in [9.17, 15) is 9.59 Å². The number of amides is 1. The number of para-hydroxylation sites is 2. The van der Waals surface area contributed by atoms with Gasteiger partial charge >= 0.3 is 12.1 Å². The molecule has 1 amide bonds. The molecule has 0 unspecified atom stereocenters. The fraction of sp³-hybridized carbons (Fsp3) is 0.391. The number of aromatic nitrogens is 3. The standard InChI is InChI=1S/C23H28ClN5O4/c1-22(2,3)19(30)32-13-29-12-11-14-17(27-20(24)28-18(14)29)25-15-9-7-8-10-16(15)26-21(31)33-23(4,5)6/h7-12H,13H2,1-6H3,(H,26,31)(H,25,27,28). The van der Waals surface area contributed by atoms with Crippen molar-refractivity contribution in [3.05, 3.63) is 41.8 Å². The number of esters is 1. The Morgan fingerprint density at radius 3 is 2.33 bits per heavy atom. The highest BCUT2D eigenvalue weighted by molar-refractivity contribution is 6.28. The van der Waals surface area contributed by atoms with Crippen LogP contribution in [0.5, 0.6) is 0 Å². The Balaban J connectivity index is 1.87. The van der Waals surface area contributed by atoms with Gasteiger partial charge in [0.1, 0.15) is 17.1 Å². The largest absolute Gasteiger partial charge is 0.444 e. The van der Waals surface area contributed by atoms with Crippen LogP contribution in [0, 0.1) is 5.41 Å². The van der Waals surface area contributed by atoms with E-state index in [4.69, 9.17) is 21.1 Å². The number of hydrogen-bond acceptors (Lipinski definition) is 7. The zero-order valence-electron chi connectivity index (χ0n) is 19.5. The number of fused-ring (bicyclic) bond motifs is 1. The van der Waals surface area contributed by atoms with Crippen molar-refractivity contribution in [2.45, 2.75) is 53.9 Å². The van der Waals surface area contributed by atoms with Gasteiger partial charge in [-0.15, -0.1) is 0 Å². The third-order valence-electron chi connectivity index (χ3n) is 4.35. The van der Waals surface area contributed by atoms with Crippen LogP contribution in [0.15, 0.2) is 36.5 Å². The Kier molecular flexibility index (Phi) is 6.83. The topological polar surface area (TPSA) is 107 Å². The molecule has 33 heavy (non-hydrogen) atoms. The van der Waals surface area contributed by atoms with E-state index in [1.54, 1.807) is 76.6 Å². The van der Waals surface area contributed by atoms with E-state index in [2.05, 4.69) is 20.6 Å². The summed E-state index contributed by atoms with van der Waals surface area (Å²) >= 11 is 6.18. The van der Waals surface area contributed by atoms with Gasteiger partial charge in [0.05, 0.1) is 22.2 Å². The minimum Gasteiger partial charge on any atom is -0.444 e. The highest BCUT2D eigenvalue weighted by atomic mass is 35.5. The van der Waals surface area contributed by atoms with E-state index in [0.717, 1.165) is 0 Å². The average molecular weight is 474 g/mol. The van der Waals surface area contributed by atoms with Gasteiger partial charge in [0.2, 0.25) is 5.28 Å². The third-order valence-corrected chi connectivity index (χ3v) is 4.52. The van der Waals surface area contributed by atoms with Gasteiger partial charge in [-0.2, -0.15) is 9.97 Å². The second-order valence-corrected chi connectivity index (χ2v) is 9.81. The van der Waals surface area contributed by atoms with E-state index < -0.39 is 17.1 Å². The SMILES string of the molecule is CC(C)(C)OC(=O)Nc1ccccc1Nc1nc(Cl)nc2c1ccn2COC(=O)C(C)(C)C. The molecule has 0 radical (unpaired) electrons. The van der Waals surface area contributed by atoms with Crippen LogP contribution in [-0.2, 0) is 21.0 Å². The maximum atomic E-state index is 12.2. The van der Waals surface area contributed by atoms with Crippen LogP contribution >= 0.6 is 11.6 Å². The first-order valence-corrected chi connectivity index (χ1v) is 10.8. The quantitative estimate of drug-likeness (QED) is 0.360. The Hall–Kier alpha value is -3.33. The summed E-state index contributed by atoms with van der Waals surface area (Å²) in [5.74, 6) is 0.106. The summed E-state index contributed by atoms with van der Waals surface area (Å²) in [5, 5.41) is 6.62. The van der Waals surface area contributed by atoms with Crippen LogP contribution in [0.1, 0.15) is 41.5 Å². The first-order chi connectivity index (χ1) is 15.3. The fourth-order valence-electron chi connectivity index (χ4n) is 2.82. The lowest BCUT2D eigenvalue weighted by molar-refractivity contribution is -0.156. The molecule has 0 aliphatic carbocycles. The summed E-state index contributed by atoms with van der Waals surface area (Å²) in [6.07, 6.45) is 1.16. The van der Waals surface area contributed by atoms with Crippen molar-refractivity contribution in [1.82, 2.24) is 14.5 Å². The number of nitrogens with zero attached hydrogens (tertiary/aromatic N) is 3. The van der Waals surface area contributed by atoms with Crippen LogP contribution in [0.3, 0.4) is 0 Å². The summed E-state index contributed by atoms with van der Waals surface area (Å²) in [6, 6.07) is 8.93. The van der Waals surface area contributed by atoms with Gasteiger partial charge in [0.15, 0.2) is 6.73 Å². The number of halogens is 1. The lowest BCUT2D eigenvalue weighted by atomic mass is 9.98. The van der Waals surface area contributed by atoms with Crippen LogP contribution < -0.4 is 10.6 Å². The summed E-state index contributed by atoms with van der Waals surface area (Å²) in [6.45, 7) is 10.7. The van der Waals surface area contributed by atoms with Crippen molar-refractivity contribution in [3.8, 4) is 0 Å². The van der Waals surface area contributed by atoms with E-state index in [1.807, 2.05) is 6.07 Å². The summed E-state index contributed by atoms with van der Waals surface area (Å²) in [5.41, 5.74) is 0.349. The molecule has 2 aromatic heterocycles.